The molecule has 2 rings (SSSR count). The van der Waals surface area contributed by atoms with Crippen molar-refractivity contribution in [3.05, 3.63) is 22.8 Å². The monoisotopic (exact) mass is 327 g/mol. The van der Waals surface area contributed by atoms with Crippen molar-refractivity contribution in [1.82, 2.24) is 15.2 Å². The summed E-state index contributed by atoms with van der Waals surface area (Å²) in [5.74, 6) is -0.00825. The van der Waals surface area contributed by atoms with Crippen LogP contribution in [-0.2, 0) is 4.74 Å². The van der Waals surface area contributed by atoms with Crippen LogP contribution in [0.15, 0.2) is 12.3 Å². The molecule has 0 radical (unpaired) electrons. The van der Waals surface area contributed by atoms with E-state index in [0.29, 0.717) is 37.7 Å². The van der Waals surface area contributed by atoms with Gasteiger partial charge in [0.05, 0.1) is 18.7 Å². The molecule has 1 N–H and O–H groups in total. The molecular weight excluding hydrogens is 310 g/mol. The number of aromatic nitrogens is 1. The lowest BCUT2D eigenvalue weighted by atomic mass is 10.2. The van der Waals surface area contributed by atoms with Gasteiger partial charge in [-0.15, -0.1) is 0 Å². The van der Waals surface area contributed by atoms with E-state index >= 15 is 0 Å². The average molecular weight is 328 g/mol. The van der Waals surface area contributed by atoms with Crippen molar-refractivity contribution in [2.45, 2.75) is 19.9 Å². The van der Waals surface area contributed by atoms with Crippen LogP contribution in [0, 0.1) is 0 Å². The van der Waals surface area contributed by atoms with Crippen molar-refractivity contribution < 1.29 is 19.1 Å². The minimum absolute atomic E-state index is 0.219. The van der Waals surface area contributed by atoms with Gasteiger partial charge in [0.2, 0.25) is 5.88 Å². The maximum absolute atomic E-state index is 12.1. The molecule has 2 heterocycles. The molecule has 8 heteroatoms. The summed E-state index contributed by atoms with van der Waals surface area (Å²) in [6.07, 6.45) is 1.05. The molecule has 0 aromatic carbocycles. The van der Waals surface area contributed by atoms with Gasteiger partial charge in [0.15, 0.2) is 0 Å². The van der Waals surface area contributed by atoms with Crippen LogP contribution in [0.3, 0.4) is 0 Å². The number of halogens is 1. The Hall–Kier alpha value is -2.02. The van der Waals surface area contributed by atoms with Gasteiger partial charge < -0.3 is 19.7 Å². The number of carbonyl (C=O) groups is 2. The standard InChI is InChI=1S/C14H18ClN3O4/c1-3-21-13-11(15)6-10(7-16-13)12(19)17-9(2)8-18-4-5-22-14(18)20/h6-7,9H,3-5,8H2,1-2H3,(H,17,19)/t9-/m1/s1. The number of hydrogen-bond acceptors (Lipinski definition) is 5. The highest BCUT2D eigenvalue weighted by Crippen LogP contribution is 2.22. The van der Waals surface area contributed by atoms with Gasteiger partial charge in [-0.1, -0.05) is 11.6 Å². The second-order valence-electron chi connectivity index (χ2n) is 4.88. The Bertz CT molecular complexity index is 567. The second-order valence-corrected chi connectivity index (χ2v) is 5.29. The minimum atomic E-state index is -0.355. The number of carbonyl (C=O) groups excluding carboxylic acids is 2. The molecule has 1 atom stereocenters. The summed E-state index contributed by atoms with van der Waals surface area (Å²) in [7, 11) is 0. The van der Waals surface area contributed by atoms with Crippen molar-refractivity contribution >= 4 is 23.6 Å². The number of pyridine rings is 1. The smallest absolute Gasteiger partial charge is 0.410 e. The van der Waals surface area contributed by atoms with Crippen LogP contribution in [0.1, 0.15) is 24.2 Å². The van der Waals surface area contributed by atoms with E-state index < -0.39 is 0 Å². The third-order valence-electron chi connectivity index (χ3n) is 3.07. The van der Waals surface area contributed by atoms with Crippen molar-refractivity contribution in [3.63, 3.8) is 0 Å². The Morgan fingerprint density at radius 2 is 2.41 bits per heavy atom. The number of nitrogens with zero attached hydrogens (tertiary/aromatic N) is 2. The summed E-state index contributed by atoms with van der Waals surface area (Å²) in [6, 6.07) is 1.29. The lowest BCUT2D eigenvalue weighted by molar-refractivity contribution is 0.0930. The summed E-state index contributed by atoms with van der Waals surface area (Å²) < 4.78 is 10.1. The maximum atomic E-state index is 12.1. The van der Waals surface area contributed by atoms with E-state index in [9.17, 15) is 9.59 Å². The lowest BCUT2D eigenvalue weighted by Gasteiger charge is -2.19. The molecule has 120 valence electrons. The van der Waals surface area contributed by atoms with Crippen LogP contribution >= 0.6 is 11.6 Å². The van der Waals surface area contributed by atoms with Gasteiger partial charge in [-0.25, -0.2) is 9.78 Å². The number of ether oxygens (including phenoxy) is 2. The van der Waals surface area contributed by atoms with Gasteiger partial charge in [-0.05, 0) is 19.9 Å². The summed E-state index contributed by atoms with van der Waals surface area (Å²) in [4.78, 5) is 29.1. The summed E-state index contributed by atoms with van der Waals surface area (Å²) in [5, 5.41) is 3.08. The number of hydrogen-bond donors (Lipinski definition) is 1. The van der Waals surface area contributed by atoms with Crippen molar-refractivity contribution in [2.75, 3.05) is 26.3 Å². The van der Waals surface area contributed by atoms with Gasteiger partial charge in [0.25, 0.3) is 5.91 Å². The Morgan fingerprint density at radius 1 is 1.64 bits per heavy atom. The summed E-state index contributed by atoms with van der Waals surface area (Å²) >= 11 is 6.01. The molecule has 22 heavy (non-hydrogen) atoms. The third-order valence-corrected chi connectivity index (χ3v) is 3.34. The molecule has 1 aliphatic heterocycles. The van der Waals surface area contributed by atoms with Crippen molar-refractivity contribution in [2.24, 2.45) is 0 Å². The van der Waals surface area contributed by atoms with Crippen LogP contribution in [-0.4, -0.2) is 54.2 Å². The zero-order valence-corrected chi connectivity index (χ0v) is 13.2. The van der Waals surface area contributed by atoms with Crippen molar-refractivity contribution in [3.8, 4) is 5.88 Å². The van der Waals surface area contributed by atoms with Gasteiger partial charge in [-0.3, -0.25) is 4.79 Å². The largest absolute Gasteiger partial charge is 0.477 e. The van der Waals surface area contributed by atoms with Crippen LogP contribution < -0.4 is 10.1 Å². The summed E-state index contributed by atoms with van der Waals surface area (Å²) in [6.45, 7) is 5.40. The van der Waals surface area contributed by atoms with Gasteiger partial charge in [0.1, 0.15) is 11.6 Å². The molecule has 7 nitrogen and oxygen atoms in total. The van der Waals surface area contributed by atoms with E-state index in [1.807, 2.05) is 13.8 Å². The molecule has 0 bridgehead atoms. The number of nitrogens with one attached hydrogen (secondary N) is 1. The molecule has 1 aliphatic rings. The zero-order valence-electron chi connectivity index (χ0n) is 12.5. The average Bonchev–Trinajstić information content (AvgIpc) is 2.86. The number of rotatable bonds is 6. The van der Waals surface area contributed by atoms with E-state index in [-0.39, 0.29) is 23.1 Å². The number of cyclic esters (lactones) is 1. The van der Waals surface area contributed by atoms with E-state index in [2.05, 4.69) is 10.3 Å². The summed E-state index contributed by atoms with van der Waals surface area (Å²) in [5.41, 5.74) is 0.337. The van der Waals surface area contributed by atoms with Crippen LogP contribution in [0.2, 0.25) is 5.02 Å². The highest BCUT2D eigenvalue weighted by Gasteiger charge is 2.24. The molecule has 2 amide bonds. The number of amides is 2. The predicted octanol–water partition coefficient (Wildman–Crippen LogP) is 1.70. The molecule has 1 aromatic rings. The highest BCUT2D eigenvalue weighted by atomic mass is 35.5. The van der Waals surface area contributed by atoms with E-state index in [4.69, 9.17) is 21.1 Å². The molecule has 1 saturated heterocycles. The van der Waals surface area contributed by atoms with Crippen LogP contribution in [0.4, 0.5) is 4.79 Å². The first-order chi connectivity index (χ1) is 10.5. The first kappa shape index (κ1) is 16.4. The van der Waals surface area contributed by atoms with Crippen LogP contribution in [0.5, 0.6) is 5.88 Å². The van der Waals surface area contributed by atoms with E-state index in [1.165, 1.54) is 12.3 Å². The molecule has 0 saturated carbocycles. The molecule has 0 spiro atoms. The fourth-order valence-corrected chi connectivity index (χ4v) is 2.29. The molecule has 1 aromatic heterocycles. The Labute approximate surface area is 133 Å². The third kappa shape index (κ3) is 4.00. The molecular formula is C14H18ClN3O4. The topological polar surface area (TPSA) is 80.8 Å². The maximum Gasteiger partial charge on any atom is 0.410 e. The van der Waals surface area contributed by atoms with Crippen molar-refractivity contribution in [1.29, 1.82) is 0 Å². The Balaban J connectivity index is 1.93. The first-order valence-electron chi connectivity index (χ1n) is 7.02. The van der Waals surface area contributed by atoms with Gasteiger partial charge >= 0.3 is 6.09 Å². The highest BCUT2D eigenvalue weighted by molar-refractivity contribution is 6.32. The van der Waals surface area contributed by atoms with E-state index in [1.54, 1.807) is 4.90 Å². The Morgan fingerprint density at radius 3 is 3.00 bits per heavy atom. The fraction of sp³-hybridized carbons (Fsp3) is 0.500. The Kier molecular flexibility index (Phi) is 5.43. The van der Waals surface area contributed by atoms with E-state index in [0.717, 1.165) is 0 Å². The second kappa shape index (κ2) is 7.31. The SMILES string of the molecule is CCOc1ncc(C(=O)N[C@H](C)CN2CCOC2=O)cc1Cl. The first-order valence-corrected chi connectivity index (χ1v) is 7.40. The molecule has 1 fully saturated rings. The van der Waals surface area contributed by atoms with Gasteiger partial charge in [-0.2, -0.15) is 0 Å². The molecule has 0 unspecified atom stereocenters. The molecule has 0 aliphatic carbocycles. The minimum Gasteiger partial charge on any atom is -0.477 e. The lowest BCUT2D eigenvalue weighted by Crippen LogP contribution is -2.42. The zero-order chi connectivity index (χ0) is 16.1. The quantitative estimate of drug-likeness (QED) is 0.860. The van der Waals surface area contributed by atoms with Gasteiger partial charge in [0, 0.05) is 18.8 Å². The van der Waals surface area contributed by atoms with Crippen LogP contribution in [0.25, 0.3) is 0 Å². The predicted molar refractivity (Wildman–Crippen MR) is 80.3 cm³/mol. The normalized spacial score (nSPS) is 15.4. The fourth-order valence-electron chi connectivity index (χ4n) is 2.07.